The van der Waals surface area contributed by atoms with Crippen LogP contribution in [0.4, 0.5) is 0 Å². The van der Waals surface area contributed by atoms with E-state index in [0.29, 0.717) is 5.96 Å². The van der Waals surface area contributed by atoms with Crippen LogP contribution in [-0.4, -0.2) is 41.6 Å². The van der Waals surface area contributed by atoms with E-state index in [0.717, 1.165) is 12.5 Å². The van der Waals surface area contributed by atoms with Gasteiger partial charge in [0.1, 0.15) is 0 Å². The molecule has 1 fully saturated rings. The van der Waals surface area contributed by atoms with Crippen molar-refractivity contribution in [1.29, 1.82) is 0 Å². The van der Waals surface area contributed by atoms with Crippen LogP contribution in [0.15, 0.2) is 4.99 Å². The van der Waals surface area contributed by atoms with Crippen LogP contribution in [0.2, 0.25) is 0 Å². The topological polar surface area (TPSA) is 53.6 Å². The summed E-state index contributed by atoms with van der Waals surface area (Å²) in [6.07, 6.45) is 2.65. The standard InChI is InChI=1S/C15H32N4.HI/c1-12-8-7-9-19(10-12)15(5,6)11-17-13(16)18-14(2,3)4;/h12H,7-11H2,1-6H3,(H3,16,17,18);1H. The summed E-state index contributed by atoms with van der Waals surface area (Å²) in [5, 5.41) is 3.21. The fourth-order valence-electron chi connectivity index (χ4n) is 2.54. The van der Waals surface area contributed by atoms with E-state index in [4.69, 9.17) is 5.73 Å². The molecular formula is C15H33IN4. The quantitative estimate of drug-likeness (QED) is 0.438. The molecule has 0 aromatic heterocycles. The van der Waals surface area contributed by atoms with E-state index >= 15 is 0 Å². The maximum atomic E-state index is 5.94. The summed E-state index contributed by atoms with van der Waals surface area (Å²) in [6.45, 7) is 16.2. The normalized spacial score (nSPS) is 22.3. The Labute approximate surface area is 142 Å². The second kappa shape index (κ2) is 7.82. The molecule has 1 rings (SSSR count). The van der Waals surface area contributed by atoms with Gasteiger partial charge in [0.05, 0.1) is 6.54 Å². The Bertz CT molecular complexity index is 320. The highest BCUT2D eigenvalue weighted by Crippen LogP contribution is 2.23. The number of nitrogens with one attached hydrogen (secondary N) is 1. The average Bonchev–Trinajstić information content (AvgIpc) is 2.24. The molecule has 0 saturated carbocycles. The zero-order valence-corrected chi connectivity index (χ0v) is 16.3. The van der Waals surface area contributed by atoms with Crippen LogP contribution in [-0.2, 0) is 0 Å². The summed E-state index contributed by atoms with van der Waals surface area (Å²) in [5.74, 6) is 1.34. The lowest BCUT2D eigenvalue weighted by Gasteiger charge is -2.42. The van der Waals surface area contributed by atoms with E-state index in [2.05, 4.69) is 56.8 Å². The molecule has 1 atom stereocenters. The maximum Gasteiger partial charge on any atom is 0.189 e. The van der Waals surface area contributed by atoms with Gasteiger partial charge in [-0.15, -0.1) is 24.0 Å². The Kier molecular flexibility index (Phi) is 7.81. The van der Waals surface area contributed by atoms with Crippen molar-refractivity contribution >= 4 is 29.9 Å². The van der Waals surface area contributed by atoms with Crippen molar-refractivity contribution in [2.45, 2.75) is 65.5 Å². The van der Waals surface area contributed by atoms with Gasteiger partial charge in [-0.2, -0.15) is 0 Å². The largest absolute Gasteiger partial charge is 0.370 e. The number of rotatable bonds is 3. The predicted octanol–water partition coefficient (Wildman–Crippen LogP) is 2.82. The summed E-state index contributed by atoms with van der Waals surface area (Å²) in [5.41, 5.74) is 6.00. The van der Waals surface area contributed by atoms with Crippen LogP contribution in [0, 0.1) is 5.92 Å². The third-order valence-corrected chi connectivity index (χ3v) is 3.65. The summed E-state index contributed by atoms with van der Waals surface area (Å²) in [7, 11) is 0. The van der Waals surface area contributed by atoms with E-state index < -0.39 is 0 Å². The molecule has 1 aliphatic rings. The molecule has 0 amide bonds. The smallest absolute Gasteiger partial charge is 0.189 e. The molecular weight excluding hydrogens is 363 g/mol. The third kappa shape index (κ3) is 7.11. The minimum atomic E-state index is -0.0304. The molecule has 1 heterocycles. The van der Waals surface area contributed by atoms with Crippen LogP contribution in [0.5, 0.6) is 0 Å². The van der Waals surface area contributed by atoms with Gasteiger partial charge in [0.2, 0.25) is 0 Å². The van der Waals surface area contributed by atoms with Gasteiger partial charge in [0.25, 0.3) is 0 Å². The average molecular weight is 396 g/mol. The van der Waals surface area contributed by atoms with Crippen molar-refractivity contribution in [1.82, 2.24) is 10.2 Å². The number of hydrogen-bond acceptors (Lipinski definition) is 2. The van der Waals surface area contributed by atoms with Crippen LogP contribution in [0.3, 0.4) is 0 Å². The first-order valence-electron chi connectivity index (χ1n) is 7.43. The van der Waals surface area contributed by atoms with Crippen molar-refractivity contribution in [3.63, 3.8) is 0 Å². The monoisotopic (exact) mass is 396 g/mol. The van der Waals surface area contributed by atoms with E-state index in [-0.39, 0.29) is 35.1 Å². The summed E-state index contributed by atoms with van der Waals surface area (Å²) >= 11 is 0. The van der Waals surface area contributed by atoms with E-state index in [9.17, 15) is 0 Å². The van der Waals surface area contributed by atoms with Gasteiger partial charge >= 0.3 is 0 Å². The number of halogens is 1. The molecule has 1 saturated heterocycles. The molecule has 5 heteroatoms. The lowest BCUT2D eigenvalue weighted by atomic mass is 9.94. The van der Waals surface area contributed by atoms with Gasteiger partial charge in [0, 0.05) is 17.6 Å². The van der Waals surface area contributed by atoms with Gasteiger partial charge < -0.3 is 11.1 Å². The van der Waals surface area contributed by atoms with E-state index in [1.807, 2.05) is 0 Å². The van der Waals surface area contributed by atoms with E-state index in [1.54, 1.807) is 0 Å². The number of piperidine rings is 1. The zero-order chi connectivity index (χ0) is 14.7. The number of nitrogens with zero attached hydrogens (tertiary/aromatic N) is 2. The molecule has 0 aromatic carbocycles. The van der Waals surface area contributed by atoms with Crippen molar-refractivity contribution in [2.75, 3.05) is 19.6 Å². The van der Waals surface area contributed by atoms with Crippen molar-refractivity contribution in [2.24, 2.45) is 16.6 Å². The number of aliphatic imine (C=N–C) groups is 1. The highest BCUT2D eigenvalue weighted by Gasteiger charge is 2.29. The van der Waals surface area contributed by atoms with Crippen LogP contribution < -0.4 is 11.1 Å². The lowest BCUT2D eigenvalue weighted by Crippen LogP contribution is -2.51. The molecule has 20 heavy (non-hydrogen) atoms. The second-order valence-electron chi connectivity index (χ2n) is 7.58. The zero-order valence-electron chi connectivity index (χ0n) is 14.0. The summed E-state index contributed by atoms with van der Waals surface area (Å²) in [6, 6.07) is 0. The molecule has 0 radical (unpaired) electrons. The first-order chi connectivity index (χ1) is 8.60. The first-order valence-corrected chi connectivity index (χ1v) is 7.43. The highest BCUT2D eigenvalue weighted by molar-refractivity contribution is 14.0. The lowest BCUT2D eigenvalue weighted by molar-refractivity contribution is 0.0774. The molecule has 1 unspecified atom stereocenters. The predicted molar refractivity (Wildman–Crippen MR) is 98.8 cm³/mol. The van der Waals surface area contributed by atoms with Crippen molar-refractivity contribution < 1.29 is 0 Å². The van der Waals surface area contributed by atoms with Crippen molar-refractivity contribution in [3.8, 4) is 0 Å². The molecule has 0 aliphatic carbocycles. The Morgan fingerprint density at radius 2 is 1.90 bits per heavy atom. The number of nitrogens with two attached hydrogens (primary N) is 1. The number of guanidine groups is 1. The Hall–Kier alpha value is -0.0400. The van der Waals surface area contributed by atoms with Gasteiger partial charge in [-0.3, -0.25) is 9.89 Å². The Morgan fingerprint density at radius 3 is 2.40 bits per heavy atom. The summed E-state index contributed by atoms with van der Waals surface area (Å²) < 4.78 is 0. The minimum absolute atomic E-state index is 0. The van der Waals surface area contributed by atoms with Gasteiger partial charge in [-0.05, 0) is 59.9 Å². The Morgan fingerprint density at radius 1 is 1.30 bits per heavy atom. The van der Waals surface area contributed by atoms with Gasteiger partial charge in [-0.1, -0.05) is 6.92 Å². The number of hydrogen-bond donors (Lipinski definition) is 2. The van der Waals surface area contributed by atoms with Crippen LogP contribution in [0.1, 0.15) is 54.4 Å². The highest BCUT2D eigenvalue weighted by atomic mass is 127. The molecule has 0 spiro atoms. The maximum absolute atomic E-state index is 5.94. The third-order valence-electron chi connectivity index (χ3n) is 3.65. The van der Waals surface area contributed by atoms with Gasteiger partial charge in [0.15, 0.2) is 5.96 Å². The molecule has 4 nitrogen and oxygen atoms in total. The SMILES string of the molecule is CC1CCCN(C(C)(C)CN=C(N)NC(C)(C)C)C1.I. The van der Waals surface area contributed by atoms with Crippen LogP contribution >= 0.6 is 24.0 Å². The van der Waals surface area contributed by atoms with Crippen molar-refractivity contribution in [3.05, 3.63) is 0 Å². The molecule has 0 bridgehead atoms. The van der Waals surface area contributed by atoms with E-state index in [1.165, 1.54) is 25.9 Å². The molecule has 1 aliphatic heterocycles. The van der Waals surface area contributed by atoms with Crippen LogP contribution in [0.25, 0.3) is 0 Å². The minimum Gasteiger partial charge on any atom is -0.370 e. The fourth-order valence-corrected chi connectivity index (χ4v) is 2.54. The molecule has 0 aromatic rings. The second-order valence-corrected chi connectivity index (χ2v) is 7.58. The summed E-state index contributed by atoms with van der Waals surface area (Å²) in [4.78, 5) is 7.07. The fraction of sp³-hybridized carbons (Fsp3) is 0.933. The molecule has 3 N–H and O–H groups in total. The van der Waals surface area contributed by atoms with Gasteiger partial charge in [-0.25, -0.2) is 0 Å². The Balaban J connectivity index is 0.00000361. The molecule has 120 valence electrons. The first kappa shape index (κ1) is 20.0. The number of likely N-dealkylation sites (tertiary alicyclic amines) is 1.